The van der Waals surface area contributed by atoms with Gasteiger partial charge in [0.1, 0.15) is 0 Å². The molecule has 0 saturated carbocycles. The number of carboxylic acids is 1. The molecular formula is C10H9ClN2O2. The zero-order valence-electron chi connectivity index (χ0n) is 8.04. The van der Waals surface area contributed by atoms with E-state index in [2.05, 4.69) is 10.2 Å². The van der Waals surface area contributed by atoms with E-state index in [1.807, 2.05) is 6.92 Å². The maximum Gasteiger partial charge on any atom is 0.307 e. The number of carbonyl (C=O) groups is 1. The number of nitrogens with zero attached hydrogens (tertiary/aromatic N) is 1. The molecule has 1 aromatic carbocycles. The zero-order chi connectivity index (χ0) is 11.0. The van der Waals surface area contributed by atoms with Gasteiger partial charge in [-0.1, -0.05) is 11.6 Å². The van der Waals surface area contributed by atoms with Crippen molar-refractivity contribution in [1.29, 1.82) is 0 Å². The quantitative estimate of drug-likeness (QED) is 0.822. The molecular weight excluding hydrogens is 216 g/mol. The average molecular weight is 225 g/mol. The van der Waals surface area contributed by atoms with Gasteiger partial charge in [-0.05, 0) is 24.6 Å². The van der Waals surface area contributed by atoms with E-state index in [4.69, 9.17) is 16.7 Å². The summed E-state index contributed by atoms with van der Waals surface area (Å²) in [6.07, 6.45) is -0.0681. The first-order chi connectivity index (χ1) is 7.08. The monoisotopic (exact) mass is 224 g/mol. The zero-order valence-corrected chi connectivity index (χ0v) is 8.80. The summed E-state index contributed by atoms with van der Waals surface area (Å²) in [6.45, 7) is 1.87. The molecule has 0 aliphatic carbocycles. The number of nitrogens with one attached hydrogen (secondary N) is 1. The van der Waals surface area contributed by atoms with Crippen molar-refractivity contribution in [3.8, 4) is 0 Å². The smallest absolute Gasteiger partial charge is 0.307 e. The normalized spacial score (nSPS) is 10.8. The SMILES string of the molecule is Cc1[nH]nc2c(CC(=O)O)cc(Cl)cc12. The summed E-state index contributed by atoms with van der Waals surface area (Å²) in [5, 5.41) is 17.0. The minimum atomic E-state index is -0.890. The van der Waals surface area contributed by atoms with E-state index in [9.17, 15) is 4.79 Å². The second-order valence-electron chi connectivity index (χ2n) is 3.38. The van der Waals surface area contributed by atoms with Crippen LogP contribution in [-0.2, 0) is 11.2 Å². The Balaban J connectivity index is 2.66. The highest BCUT2D eigenvalue weighted by molar-refractivity contribution is 6.31. The Morgan fingerprint density at radius 2 is 2.33 bits per heavy atom. The van der Waals surface area contributed by atoms with Gasteiger partial charge in [-0.2, -0.15) is 5.10 Å². The summed E-state index contributed by atoms with van der Waals surface area (Å²) >= 11 is 5.90. The van der Waals surface area contributed by atoms with Crippen LogP contribution in [-0.4, -0.2) is 21.3 Å². The first-order valence-corrected chi connectivity index (χ1v) is 4.80. The third kappa shape index (κ3) is 1.80. The molecule has 0 amide bonds. The second kappa shape index (κ2) is 3.55. The number of halogens is 1. The maximum absolute atomic E-state index is 10.6. The van der Waals surface area contributed by atoms with Crippen LogP contribution in [0.25, 0.3) is 10.9 Å². The number of aryl methyl sites for hydroxylation is 1. The van der Waals surface area contributed by atoms with Gasteiger partial charge in [0.2, 0.25) is 0 Å². The summed E-state index contributed by atoms with van der Waals surface area (Å²) in [7, 11) is 0. The Morgan fingerprint density at radius 1 is 1.60 bits per heavy atom. The van der Waals surface area contributed by atoms with Gasteiger partial charge >= 0.3 is 5.97 Å². The molecule has 1 heterocycles. The Bertz CT molecular complexity index is 533. The summed E-state index contributed by atoms with van der Waals surface area (Å²) in [4.78, 5) is 10.6. The van der Waals surface area contributed by atoms with Gasteiger partial charge in [0.15, 0.2) is 0 Å². The van der Waals surface area contributed by atoms with Crippen LogP contribution in [0.4, 0.5) is 0 Å². The highest BCUT2D eigenvalue weighted by atomic mass is 35.5. The number of carboxylic acid groups (broad SMARTS) is 1. The minimum Gasteiger partial charge on any atom is -0.481 e. The van der Waals surface area contributed by atoms with Gasteiger partial charge in [-0.15, -0.1) is 0 Å². The summed E-state index contributed by atoms with van der Waals surface area (Å²) in [6, 6.07) is 3.42. The Morgan fingerprint density at radius 3 is 3.00 bits per heavy atom. The molecule has 0 spiro atoms. The third-order valence-corrected chi connectivity index (χ3v) is 2.45. The van der Waals surface area contributed by atoms with E-state index in [0.717, 1.165) is 11.1 Å². The first kappa shape index (κ1) is 9.98. The largest absolute Gasteiger partial charge is 0.481 e. The van der Waals surface area contributed by atoms with Crippen molar-refractivity contribution in [3.63, 3.8) is 0 Å². The van der Waals surface area contributed by atoms with Gasteiger partial charge in [-0.3, -0.25) is 9.89 Å². The maximum atomic E-state index is 10.6. The molecule has 2 rings (SSSR count). The number of fused-ring (bicyclic) bond motifs is 1. The van der Waals surface area contributed by atoms with Crippen LogP contribution in [0.1, 0.15) is 11.3 Å². The van der Waals surface area contributed by atoms with Crippen molar-refractivity contribution in [2.24, 2.45) is 0 Å². The van der Waals surface area contributed by atoms with Crippen molar-refractivity contribution in [2.45, 2.75) is 13.3 Å². The number of H-pyrrole nitrogens is 1. The first-order valence-electron chi connectivity index (χ1n) is 4.43. The number of aliphatic carboxylic acids is 1. The fraction of sp³-hybridized carbons (Fsp3) is 0.200. The predicted octanol–water partition coefficient (Wildman–Crippen LogP) is 2.15. The standard InChI is InChI=1S/C10H9ClN2O2/c1-5-8-4-7(11)2-6(3-9(14)15)10(8)13-12-5/h2,4H,3H2,1H3,(H,12,13)(H,14,15). The van der Waals surface area contributed by atoms with Crippen molar-refractivity contribution >= 4 is 28.5 Å². The number of aromatic amines is 1. The molecule has 78 valence electrons. The van der Waals surface area contributed by atoms with E-state index in [-0.39, 0.29) is 6.42 Å². The van der Waals surface area contributed by atoms with Gasteiger partial charge in [-0.25, -0.2) is 0 Å². The Hall–Kier alpha value is -1.55. The molecule has 0 unspecified atom stereocenters. The molecule has 2 aromatic rings. The lowest BCUT2D eigenvalue weighted by Gasteiger charge is -2.00. The van der Waals surface area contributed by atoms with Crippen molar-refractivity contribution in [3.05, 3.63) is 28.4 Å². The number of hydrogen-bond acceptors (Lipinski definition) is 2. The number of rotatable bonds is 2. The van der Waals surface area contributed by atoms with Gasteiger partial charge in [0.25, 0.3) is 0 Å². The van der Waals surface area contributed by atoms with Gasteiger partial charge in [0.05, 0.1) is 11.9 Å². The number of hydrogen-bond donors (Lipinski definition) is 2. The fourth-order valence-electron chi connectivity index (χ4n) is 1.57. The number of aromatic nitrogens is 2. The molecule has 0 bridgehead atoms. The molecule has 0 fully saturated rings. The van der Waals surface area contributed by atoms with Crippen LogP contribution >= 0.6 is 11.6 Å². The highest BCUT2D eigenvalue weighted by Crippen LogP contribution is 2.24. The molecule has 1 aromatic heterocycles. The second-order valence-corrected chi connectivity index (χ2v) is 3.82. The predicted molar refractivity (Wildman–Crippen MR) is 57.2 cm³/mol. The molecule has 0 atom stereocenters. The van der Waals surface area contributed by atoms with Crippen molar-refractivity contribution in [1.82, 2.24) is 10.2 Å². The summed E-state index contributed by atoms with van der Waals surface area (Å²) in [5.74, 6) is -0.890. The lowest BCUT2D eigenvalue weighted by atomic mass is 10.1. The van der Waals surface area contributed by atoms with E-state index in [0.29, 0.717) is 16.1 Å². The van der Waals surface area contributed by atoms with Crippen LogP contribution < -0.4 is 0 Å². The molecule has 2 N–H and O–H groups in total. The lowest BCUT2D eigenvalue weighted by Crippen LogP contribution is -2.00. The molecule has 0 aliphatic heterocycles. The van der Waals surface area contributed by atoms with E-state index in [1.165, 1.54) is 0 Å². The topological polar surface area (TPSA) is 66.0 Å². The molecule has 15 heavy (non-hydrogen) atoms. The van der Waals surface area contributed by atoms with Crippen LogP contribution in [0.5, 0.6) is 0 Å². The van der Waals surface area contributed by atoms with Crippen LogP contribution in [0.15, 0.2) is 12.1 Å². The molecule has 5 heteroatoms. The van der Waals surface area contributed by atoms with Gasteiger partial charge in [0, 0.05) is 16.1 Å². The third-order valence-electron chi connectivity index (χ3n) is 2.23. The van der Waals surface area contributed by atoms with Crippen LogP contribution in [0.2, 0.25) is 5.02 Å². The van der Waals surface area contributed by atoms with E-state index in [1.54, 1.807) is 12.1 Å². The van der Waals surface area contributed by atoms with E-state index >= 15 is 0 Å². The minimum absolute atomic E-state index is 0.0681. The molecule has 0 radical (unpaired) electrons. The molecule has 0 saturated heterocycles. The highest BCUT2D eigenvalue weighted by Gasteiger charge is 2.11. The van der Waals surface area contributed by atoms with Crippen molar-refractivity contribution in [2.75, 3.05) is 0 Å². The summed E-state index contributed by atoms with van der Waals surface area (Å²) in [5.41, 5.74) is 2.20. The number of benzene rings is 1. The Labute approximate surface area is 90.9 Å². The molecule has 0 aliphatic rings. The summed E-state index contributed by atoms with van der Waals surface area (Å²) < 4.78 is 0. The van der Waals surface area contributed by atoms with E-state index < -0.39 is 5.97 Å². The van der Waals surface area contributed by atoms with Crippen LogP contribution in [0, 0.1) is 6.92 Å². The van der Waals surface area contributed by atoms with Crippen molar-refractivity contribution < 1.29 is 9.90 Å². The Kier molecular flexibility index (Phi) is 2.36. The lowest BCUT2D eigenvalue weighted by molar-refractivity contribution is -0.136. The van der Waals surface area contributed by atoms with Crippen LogP contribution in [0.3, 0.4) is 0 Å². The van der Waals surface area contributed by atoms with Gasteiger partial charge < -0.3 is 5.11 Å². The fourth-order valence-corrected chi connectivity index (χ4v) is 1.81. The average Bonchev–Trinajstić information content (AvgIpc) is 2.47. The molecule has 4 nitrogen and oxygen atoms in total.